The number of esters is 1. The highest BCUT2D eigenvalue weighted by Crippen LogP contribution is 2.22. The average molecular weight is 325 g/mol. The molecule has 2 rings (SSSR count). The van der Waals surface area contributed by atoms with Crippen LogP contribution in [-0.2, 0) is 11.3 Å². The summed E-state index contributed by atoms with van der Waals surface area (Å²) < 4.78 is 5.24. The Hall–Kier alpha value is -2.05. The normalized spacial score (nSPS) is 10.2. The summed E-state index contributed by atoms with van der Waals surface area (Å²) in [4.78, 5) is 24.2. The van der Waals surface area contributed by atoms with Crippen molar-refractivity contribution in [2.45, 2.75) is 6.54 Å². The van der Waals surface area contributed by atoms with Crippen LogP contribution in [0.25, 0.3) is 0 Å². The molecule has 1 aromatic heterocycles. The molecule has 21 heavy (non-hydrogen) atoms. The standard InChI is InChI=1S/C14H13ClN2O3S/c1-20-14(19)8-3-2-4-10(16)9(8)7-17-13(18)11-5-6-12(15)21-11/h2-6H,7,16H2,1H3,(H,17,18). The largest absolute Gasteiger partial charge is 0.465 e. The number of ether oxygens (including phenoxy) is 1. The van der Waals surface area contributed by atoms with Gasteiger partial charge in [0.15, 0.2) is 0 Å². The van der Waals surface area contributed by atoms with Gasteiger partial charge in [-0.25, -0.2) is 4.79 Å². The predicted octanol–water partition coefficient (Wildman–Crippen LogP) is 2.70. The number of hydrogen-bond acceptors (Lipinski definition) is 5. The highest BCUT2D eigenvalue weighted by molar-refractivity contribution is 7.17. The summed E-state index contributed by atoms with van der Waals surface area (Å²) in [5.74, 6) is -0.767. The maximum atomic E-state index is 12.0. The lowest BCUT2D eigenvalue weighted by atomic mass is 10.1. The Morgan fingerprint density at radius 3 is 2.71 bits per heavy atom. The monoisotopic (exact) mass is 324 g/mol. The topological polar surface area (TPSA) is 81.4 Å². The number of nitrogens with one attached hydrogen (secondary N) is 1. The minimum atomic E-state index is -0.495. The van der Waals surface area contributed by atoms with Crippen molar-refractivity contribution >= 4 is 40.5 Å². The van der Waals surface area contributed by atoms with Gasteiger partial charge >= 0.3 is 5.97 Å². The van der Waals surface area contributed by atoms with Gasteiger partial charge in [-0.1, -0.05) is 17.7 Å². The van der Waals surface area contributed by atoms with E-state index in [0.29, 0.717) is 26.0 Å². The maximum Gasteiger partial charge on any atom is 0.338 e. The van der Waals surface area contributed by atoms with Gasteiger partial charge in [-0.15, -0.1) is 11.3 Å². The van der Waals surface area contributed by atoms with E-state index < -0.39 is 5.97 Å². The number of carbonyl (C=O) groups is 2. The van der Waals surface area contributed by atoms with Gasteiger partial charge in [0, 0.05) is 17.8 Å². The summed E-state index contributed by atoms with van der Waals surface area (Å²) in [7, 11) is 1.29. The molecular weight excluding hydrogens is 312 g/mol. The molecule has 5 nitrogen and oxygen atoms in total. The number of amides is 1. The minimum Gasteiger partial charge on any atom is -0.465 e. The lowest BCUT2D eigenvalue weighted by molar-refractivity contribution is 0.0598. The van der Waals surface area contributed by atoms with E-state index in [-0.39, 0.29) is 12.5 Å². The zero-order chi connectivity index (χ0) is 15.4. The molecule has 0 aliphatic rings. The molecular formula is C14H13ClN2O3S. The van der Waals surface area contributed by atoms with Crippen LogP contribution in [0.15, 0.2) is 30.3 Å². The molecule has 1 heterocycles. The third-order valence-electron chi connectivity index (χ3n) is 2.84. The summed E-state index contributed by atoms with van der Waals surface area (Å²) >= 11 is 6.97. The lowest BCUT2D eigenvalue weighted by Crippen LogP contribution is -2.24. The number of benzene rings is 1. The van der Waals surface area contributed by atoms with Crippen LogP contribution in [0.1, 0.15) is 25.6 Å². The molecule has 0 unspecified atom stereocenters. The van der Waals surface area contributed by atoms with Crippen molar-refractivity contribution in [2.24, 2.45) is 0 Å². The maximum absolute atomic E-state index is 12.0. The molecule has 0 aliphatic heterocycles. The summed E-state index contributed by atoms with van der Waals surface area (Å²) in [6, 6.07) is 8.21. The Balaban J connectivity index is 2.16. The third-order valence-corrected chi connectivity index (χ3v) is 4.07. The first-order valence-corrected chi connectivity index (χ1v) is 7.21. The van der Waals surface area contributed by atoms with E-state index in [4.69, 9.17) is 22.1 Å². The Morgan fingerprint density at radius 2 is 2.10 bits per heavy atom. The second-order valence-electron chi connectivity index (χ2n) is 4.15. The van der Waals surface area contributed by atoms with Gasteiger partial charge < -0.3 is 15.8 Å². The van der Waals surface area contributed by atoms with Crippen LogP contribution in [0.3, 0.4) is 0 Å². The number of methoxy groups -OCH3 is 1. The number of nitrogen functional groups attached to an aromatic ring is 1. The molecule has 1 aromatic carbocycles. The Morgan fingerprint density at radius 1 is 1.33 bits per heavy atom. The van der Waals surface area contributed by atoms with E-state index in [9.17, 15) is 9.59 Å². The second kappa shape index (κ2) is 6.60. The average Bonchev–Trinajstić information content (AvgIpc) is 2.91. The smallest absolute Gasteiger partial charge is 0.338 e. The molecule has 0 radical (unpaired) electrons. The zero-order valence-electron chi connectivity index (χ0n) is 11.2. The van der Waals surface area contributed by atoms with E-state index in [2.05, 4.69) is 5.32 Å². The van der Waals surface area contributed by atoms with Crippen LogP contribution < -0.4 is 11.1 Å². The number of anilines is 1. The van der Waals surface area contributed by atoms with Crippen molar-refractivity contribution in [3.8, 4) is 0 Å². The van der Waals surface area contributed by atoms with Gasteiger partial charge in [-0.2, -0.15) is 0 Å². The molecule has 0 aliphatic carbocycles. The van der Waals surface area contributed by atoms with Crippen molar-refractivity contribution in [2.75, 3.05) is 12.8 Å². The van der Waals surface area contributed by atoms with Crippen LogP contribution in [0.2, 0.25) is 4.34 Å². The van der Waals surface area contributed by atoms with Crippen LogP contribution in [0, 0.1) is 0 Å². The SMILES string of the molecule is COC(=O)c1cccc(N)c1CNC(=O)c1ccc(Cl)s1. The number of rotatable bonds is 4. The van der Waals surface area contributed by atoms with Gasteiger partial charge in [-0.3, -0.25) is 4.79 Å². The first kappa shape index (κ1) is 15.3. The van der Waals surface area contributed by atoms with Crippen LogP contribution in [-0.4, -0.2) is 19.0 Å². The number of halogens is 1. The molecule has 2 aromatic rings. The molecule has 110 valence electrons. The van der Waals surface area contributed by atoms with Gasteiger partial charge in [0.25, 0.3) is 5.91 Å². The fourth-order valence-electron chi connectivity index (χ4n) is 1.80. The molecule has 0 saturated heterocycles. The Bertz CT molecular complexity index is 685. The minimum absolute atomic E-state index is 0.130. The van der Waals surface area contributed by atoms with Crippen LogP contribution >= 0.6 is 22.9 Å². The summed E-state index contributed by atoms with van der Waals surface area (Å²) in [5, 5.41) is 2.71. The van der Waals surface area contributed by atoms with Crippen molar-refractivity contribution in [1.82, 2.24) is 5.32 Å². The van der Waals surface area contributed by atoms with Crippen molar-refractivity contribution < 1.29 is 14.3 Å². The van der Waals surface area contributed by atoms with E-state index in [1.54, 1.807) is 30.3 Å². The quantitative estimate of drug-likeness (QED) is 0.669. The molecule has 0 fully saturated rings. The first-order chi connectivity index (χ1) is 10.0. The number of thiophene rings is 1. The summed E-state index contributed by atoms with van der Waals surface area (Å²) in [5.41, 5.74) is 7.15. The van der Waals surface area contributed by atoms with E-state index in [1.807, 2.05) is 0 Å². The summed E-state index contributed by atoms with van der Waals surface area (Å²) in [6.45, 7) is 0.130. The Kier molecular flexibility index (Phi) is 4.82. The zero-order valence-corrected chi connectivity index (χ0v) is 12.8. The Labute approximate surface area is 130 Å². The molecule has 0 saturated carbocycles. The van der Waals surface area contributed by atoms with Crippen molar-refractivity contribution in [3.05, 3.63) is 50.7 Å². The van der Waals surface area contributed by atoms with E-state index in [0.717, 1.165) is 0 Å². The fourth-order valence-corrected chi connectivity index (χ4v) is 2.75. The van der Waals surface area contributed by atoms with Gasteiger partial charge in [0.2, 0.25) is 0 Å². The van der Waals surface area contributed by atoms with Crippen molar-refractivity contribution in [3.63, 3.8) is 0 Å². The van der Waals surface area contributed by atoms with Crippen molar-refractivity contribution in [1.29, 1.82) is 0 Å². The van der Waals surface area contributed by atoms with Crippen LogP contribution in [0.4, 0.5) is 5.69 Å². The molecule has 3 N–H and O–H groups in total. The molecule has 1 amide bonds. The molecule has 7 heteroatoms. The molecule has 0 bridgehead atoms. The molecule has 0 atom stereocenters. The molecule has 0 spiro atoms. The predicted molar refractivity (Wildman–Crippen MR) is 82.7 cm³/mol. The lowest BCUT2D eigenvalue weighted by Gasteiger charge is -2.11. The number of hydrogen-bond donors (Lipinski definition) is 2. The van der Waals surface area contributed by atoms with E-state index >= 15 is 0 Å². The number of nitrogens with two attached hydrogens (primary N) is 1. The van der Waals surface area contributed by atoms with Gasteiger partial charge in [0.1, 0.15) is 0 Å². The van der Waals surface area contributed by atoms with Gasteiger partial charge in [-0.05, 0) is 24.3 Å². The second-order valence-corrected chi connectivity index (χ2v) is 5.87. The number of carbonyl (C=O) groups excluding carboxylic acids is 2. The van der Waals surface area contributed by atoms with Gasteiger partial charge in [0.05, 0.1) is 21.9 Å². The first-order valence-electron chi connectivity index (χ1n) is 6.02. The summed E-state index contributed by atoms with van der Waals surface area (Å²) in [6.07, 6.45) is 0. The highest BCUT2D eigenvalue weighted by Gasteiger charge is 2.15. The van der Waals surface area contributed by atoms with Crippen LogP contribution in [0.5, 0.6) is 0 Å². The highest BCUT2D eigenvalue weighted by atomic mass is 35.5. The van der Waals surface area contributed by atoms with E-state index in [1.165, 1.54) is 18.4 Å². The third kappa shape index (κ3) is 3.53. The fraction of sp³-hybridized carbons (Fsp3) is 0.143.